The normalized spacial score (nSPS) is 11.2. The molecule has 0 saturated heterocycles. The number of carbonyl (C=O) groups is 1. The summed E-state index contributed by atoms with van der Waals surface area (Å²) in [4.78, 5) is 11.8. The molecular formula is C28H26N4O2. The van der Waals surface area contributed by atoms with Gasteiger partial charge in [-0.2, -0.15) is 5.10 Å². The van der Waals surface area contributed by atoms with Gasteiger partial charge in [-0.15, -0.1) is 10.2 Å². The van der Waals surface area contributed by atoms with E-state index in [9.17, 15) is 4.79 Å². The molecule has 0 radical (unpaired) electrons. The highest BCUT2D eigenvalue weighted by molar-refractivity contribution is 5.99. The molecule has 170 valence electrons. The first-order valence-electron chi connectivity index (χ1n) is 11.2. The number of hydrogen-bond donors (Lipinski definition) is 1. The second-order valence-electron chi connectivity index (χ2n) is 7.69. The van der Waals surface area contributed by atoms with Crippen LogP contribution < -0.4 is 5.43 Å². The van der Waals surface area contributed by atoms with E-state index in [1.807, 2.05) is 78.9 Å². The number of carbonyl (C=O) groups excluding carboxylic acids is 1. The van der Waals surface area contributed by atoms with Crippen LogP contribution in [0.1, 0.15) is 20.3 Å². The molecule has 3 aromatic carbocycles. The molecule has 0 bridgehead atoms. The van der Waals surface area contributed by atoms with E-state index in [-0.39, 0.29) is 12.4 Å². The van der Waals surface area contributed by atoms with E-state index >= 15 is 0 Å². The number of hydrogen-bond acceptors (Lipinski definition) is 6. The van der Waals surface area contributed by atoms with Crippen molar-refractivity contribution in [1.82, 2.24) is 10.2 Å². The van der Waals surface area contributed by atoms with E-state index < -0.39 is 0 Å². The minimum atomic E-state index is -0.315. The lowest BCUT2D eigenvalue weighted by molar-refractivity contribution is -0.141. The van der Waals surface area contributed by atoms with Gasteiger partial charge in [-0.05, 0) is 25.0 Å². The molecule has 0 atom stereocenters. The van der Waals surface area contributed by atoms with Gasteiger partial charge in [0, 0.05) is 22.4 Å². The average molecular weight is 451 g/mol. The standard InChI is InChI=1S/C28H26N4O2/c1-3-34-24(33)19-20(2)29-31-28-26(22-15-9-5-10-16-22)25(21-13-7-4-8-14-21)27(30-32-28)23-17-11-6-12-18-23/h4-18H,3,19H2,1-2H3,(H,31,32)/b29-20-. The first-order chi connectivity index (χ1) is 16.7. The monoisotopic (exact) mass is 450 g/mol. The topological polar surface area (TPSA) is 76.5 Å². The van der Waals surface area contributed by atoms with Crippen molar-refractivity contribution in [2.24, 2.45) is 5.10 Å². The van der Waals surface area contributed by atoms with E-state index in [1.54, 1.807) is 13.8 Å². The fourth-order valence-corrected chi connectivity index (χ4v) is 3.69. The quantitative estimate of drug-likeness (QED) is 0.196. The van der Waals surface area contributed by atoms with Gasteiger partial charge in [0.1, 0.15) is 5.69 Å². The van der Waals surface area contributed by atoms with Crippen LogP contribution in [0.4, 0.5) is 5.82 Å². The molecule has 1 aromatic heterocycles. The fourth-order valence-electron chi connectivity index (χ4n) is 3.69. The van der Waals surface area contributed by atoms with Crippen LogP contribution in [0.15, 0.2) is 96.1 Å². The molecule has 4 rings (SSSR count). The highest BCUT2D eigenvalue weighted by Gasteiger charge is 2.20. The molecule has 0 aliphatic rings. The molecule has 0 amide bonds. The van der Waals surface area contributed by atoms with Gasteiger partial charge in [-0.1, -0.05) is 91.0 Å². The first-order valence-corrected chi connectivity index (χ1v) is 11.2. The van der Waals surface area contributed by atoms with Crippen molar-refractivity contribution >= 4 is 17.5 Å². The van der Waals surface area contributed by atoms with Crippen molar-refractivity contribution in [2.75, 3.05) is 12.0 Å². The number of nitrogens with zero attached hydrogens (tertiary/aromatic N) is 3. The highest BCUT2D eigenvalue weighted by Crippen LogP contribution is 2.41. The molecule has 34 heavy (non-hydrogen) atoms. The zero-order valence-corrected chi connectivity index (χ0v) is 19.2. The van der Waals surface area contributed by atoms with Crippen molar-refractivity contribution in [2.45, 2.75) is 20.3 Å². The number of nitrogens with one attached hydrogen (secondary N) is 1. The lowest BCUT2D eigenvalue weighted by Gasteiger charge is -2.18. The SMILES string of the molecule is CCOC(=O)C/C(C)=N\Nc1nnc(-c2ccccc2)c(-c2ccccc2)c1-c1ccccc1. The zero-order valence-electron chi connectivity index (χ0n) is 19.2. The van der Waals surface area contributed by atoms with Gasteiger partial charge in [-0.3, -0.25) is 10.2 Å². The van der Waals surface area contributed by atoms with Crippen molar-refractivity contribution in [3.05, 3.63) is 91.0 Å². The Bertz CT molecular complexity index is 1270. The number of esters is 1. The van der Waals surface area contributed by atoms with Gasteiger partial charge < -0.3 is 4.74 Å². The van der Waals surface area contributed by atoms with Crippen LogP contribution in [0, 0.1) is 0 Å². The average Bonchev–Trinajstić information content (AvgIpc) is 2.88. The molecule has 1 N–H and O–H groups in total. The van der Waals surface area contributed by atoms with Gasteiger partial charge in [0.05, 0.1) is 13.0 Å². The van der Waals surface area contributed by atoms with Crippen LogP contribution in [0.5, 0.6) is 0 Å². The summed E-state index contributed by atoms with van der Waals surface area (Å²) < 4.78 is 5.02. The third-order valence-corrected chi connectivity index (χ3v) is 5.20. The number of anilines is 1. The zero-order chi connectivity index (χ0) is 23.8. The predicted molar refractivity (Wildman–Crippen MR) is 136 cm³/mol. The van der Waals surface area contributed by atoms with E-state index in [0.717, 1.165) is 33.5 Å². The summed E-state index contributed by atoms with van der Waals surface area (Å²) >= 11 is 0. The Morgan fingerprint density at radius 1 is 0.794 bits per heavy atom. The van der Waals surface area contributed by atoms with Crippen LogP contribution >= 0.6 is 0 Å². The first kappa shape index (κ1) is 22.9. The Hall–Kier alpha value is -4.32. The molecule has 0 saturated carbocycles. The van der Waals surface area contributed by atoms with E-state index in [4.69, 9.17) is 4.74 Å². The molecule has 6 heteroatoms. The molecule has 0 unspecified atom stereocenters. The smallest absolute Gasteiger partial charge is 0.311 e. The fraction of sp³-hybridized carbons (Fsp3) is 0.143. The second-order valence-corrected chi connectivity index (χ2v) is 7.69. The minimum absolute atomic E-state index is 0.0998. The summed E-state index contributed by atoms with van der Waals surface area (Å²) in [6, 6.07) is 30.2. The molecule has 6 nitrogen and oxygen atoms in total. The molecular weight excluding hydrogens is 424 g/mol. The highest BCUT2D eigenvalue weighted by atomic mass is 16.5. The van der Waals surface area contributed by atoms with E-state index in [0.29, 0.717) is 18.1 Å². The van der Waals surface area contributed by atoms with E-state index in [2.05, 4.69) is 32.9 Å². The Morgan fingerprint density at radius 3 is 1.88 bits per heavy atom. The maximum atomic E-state index is 11.8. The summed E-state index contributed by atoms with van der Waals surface area (Å²) in [5, 5.41) is 13.5. The second kappa shape index (κ2) is 11.0. The summed E-state index contributed by atoms with van der Waals surface area (Å²) in [6.07, 6.45) is 0.0998. The number of ether oxygens (including phenoxy) is 1. The van der Waals surface area contributed by atoms with Crippen LogP contribution in [0.25, 0.3) is 33.5 Å². The van der Waals surface area contributed by atoms with Crippen molar-refractivity contribution in [1.29, 1.82) is 0 Å². The summed E-state index contributed by atoms with van der Waals surface area (Å²) in [6.45, 7) is 3.89. The number of aromatic nitrogens is 2. The van der Waals surface area contributed by atoms with Crippen molar-refractivity contribution < 1.29 is 9.53 Å². The Labute approximate surface area is 199 Å². The van der Waals surface area contributed by atoms with Gasteiger partial charge in [0.15, 0.2) is 5.82 Å². The van der Waals surface area contributed by atoms with Gasteiger partial charge >= 0.3 is 5.97 Å². The Balaban J connectivity index is 1.88. The van der Waals surface area contributed by atoms with Crippen LogP contribution in [-0.2, 0) is 9.53 Å². The van der Waals surface area contributed by atoms with E-state index in [1.165, 1.54) is 0 Å². The van der Waals surface area contributed by atoms with Crippen LogP contribution in [0.2, 0.25) is 0 Å². The molecule has 4 aromatic rings. The Kier molecular flexibility index (Phi) is 7.40. The number of rotatable bonds is 8. The molecule has 0 fully saturated rings. The van der Waals surface area contributed by atoms with Gasteiger partial charge in [-0.25, -0.2) is 0 Å². The van der Waals surface area contributed by atoms with Crippen molar-refractivity contribution in [3.8, 4) is 33.5 Å². The van der Waals surface area contributed by atoms with Gasteiger partial charge in [0.2, 0.25) is 0 Å². The third-order valence-electron chi connectivity index (χ3n) is 5.20. The van der Waals surface area contributed by atoms with Gasteiger partial charge in [0.25, 0.3) is 0 Å². The molecule has 0 aliphatic heterocycles. The minimum Gasteiger partial charge on any atom is -0.466 e. The largest absolute Gasteiger partial charge is 0.466 e. The number of benzene rings is 3. The summed E-state index contributed by atoms with van der Waals surface area (Å²) in [5.41, 5.74) is 9.23. The predicted octanol–water partition coefficient (Wildman–Crippen LogP) is 6.22. The molecule has 1 heterocycles. The third kappa shape index (κ3) is 5.35. The van der Waals surface area contributed by atoms with Crippen LogP contribution in [-0.4, -0.2) is 28.5 Å². The Morgan fingerprint density at radius 2 is 1.32 bits per heavy atom. The summed E-state index contributed by atoms with van der Waals surface area (Å²) in [5.74, 6) is 0.192. The summed E-state index contributed by atoms with van der Waals surface area (Å²) in [7, 11) is 0. The van der Waals surface area contributed by atoms with Crippen molar-refractivity contribution in [3.63, 3.8) is 0 Å². The number of hydrazone groups is 1. The maximum absolute atomic E-state index is 11.8. The maximum Gasteiger partial charge on any atom is 0.311 e. The molecule has 0 spiro atoms. The lowest BCUT2D eigenvalue weighted by Crippen LogP contribution is -2.11. The molecule has 0 aliphatic carbocycles. The lowest BCUT2D eigenvalue weighted by atomic mass is 9.91. The van der Waals surface area contributed by atoms with Crippen LogP contribution in [0.3, 0.4) is 0 Å².